The number of aromatic nitrogens is 3. The summed E-state index contributed by atoms with van der Waals surface area (Å²) in [6.07, 6.45) is -3.20. The van der Waals surface area contributed by atoms with Crippen LogP contribution < -0.4 is 0 Å². The highest BCUT2D eigenvalue weighted by molar-refractivity contribution is 7.91. The van der Waals surface area contributed by atoms with Crippen molar-refractivity contribution in [2.45, 2.75) is 22.9 Å². The smallest absolute Gasteiger partial charge is 0.275 e. The summed E-state index contributed by atoms with van der Waals surface area (Å²) in [6, 6.07) is 8.59. The summed E-state index contributed by atoms with van der Waals surface area (Å²) in [6.45, 7) is 1.28. The van der Waals surface area contributed by atoms with Gasteiger partial charge in [0.15, 0.2) is 4.77 Å². The van der Waals surface area contributed by atoms with Crippen molar-refractivity contribution in [1.29, 1.82) is 0 Å². The minimum atomic E-state index is -4.63. The van der Waals surface area contributed by atoms with Crippen LogP contribution in [0.15, 0.2) is 58.6 Å². The van der Waals surface area contributed by atoms with Crippen molar-refractivity contribution in [3.05, 3.63) is 64.7 Å². The van der Waals surface area contributed by atoms with E-state index in [1.165, 1.54) is 48.1 Å². The first-order valence-electron chi connectivity index (χ1n) is 7.26. The Morgan fingerprint density at radius 3 is 2.23 bits per heavy atom. The highest BCUT2D eigenvalue weighted by Crippen LogP contribution is 2.34. The Labute approximate surface area is 152 Å². The largest absolute Gasteiger partial charge is 0.416 e. The quantitative estimate of drug-likeness (QED) is 0.674. The van der Waals surface area contributed by atoms with Crippen LogP contribution in [-0.4, -0.2) is 23.2 Å². The molecule has 1 heterocycles. The number of aromatic amines is 1. The van der Waals surface area contributed by atoms with Gasteiger partial charge in [-0.3, -0.25) is 9.67 Å². The molecular formula is C16H12F3N3O2S2. The maximum absolute atomic E-state index is 13.1. The molecule has 26 heavy (non-hydrogen) atoms. The second-order valence-electron chi connectivity index (χ2n) is 5.50. The highest BCUT2D eigenvalue weighted by Gasteiger charge is 2.33. The highest BCUT2D eigenvalue weighted by atomic mass is 32.2. The molecule has 1 N–H and O–H groups in total. The number of sulfone groups is 1. The lowest BCUT2D eigenvalue weighted by Gasteiger charge is -2.12. The minimum Gasteiger partial charge on any atom is -0.275 e. The fourth-order valence-corrected chi connectivity index (χ4v) is 3.92. The molecule has 0 aliphatic heterocycles. The molecule has 0 spiro atoms. The van der Waals surface area contributed by atoms with Crippen LogP contribution >= 0.6 is 12.2 Å². The molecule has 0 bridgehead atoms. The number of nitrogens with one attached hydrogen (secondary N) is 1. The summed E-state index contributed by atoms with van der Waals surface area (Å²) in [5.41, 5.74) is -0.441. The first kappa shape index (κ1) is 18.3. The monoisotopic (exact) mass is 399 g/mol. The third kappa shape index (κ3) is 3.29. The molecule has 0 atom stereocenters. The van der Waals surface area contributed by atoms with Gasteiger partial charge in [0.05, 0.1) is 15.4 Å². The van der Waals surface area contributed by atoms with Crippen molar-refractivity contribution in [3.63, 3.8) is 0 Å². The molecule has 0 saturated carbocycles. The molecule has 3 aromatic rings. The van der Waals surface area contributed by atoms with Gasteiger partial charge in [0.25, 0.3) is 0 Å². The van der Waals surface area contributed by atoms with Gasteiger partial charge in [0, 0.05) is 5.69 Å². The number of alkyl halides is 3. The molecule has 10 heteroatoms. The first-order valence-corrected chi connectivity index (χ1v) is 9.15. The van der Waals surface area contributed by atoms with E-state index in [4.69, 9.17) is 12.2 Å². The predicted molar refractivity (Wildman–Crippen MR) is 90.4 cm³/mol. The van der Waals surface area contributed by atoms with E-state index in [2.05, 4.69) is 10.2 Å². The fourth-order valence-electron chi connectivity index (χ4n) is 2.43. The van der Waals surface area contributed by atoms with Crippen LogP contribution in [0.1, 0.15) is 11.1 Å². The van der Waals surface area contributed by atoms with E-state index in [1.807, 2.05) is 0 Å². The maximum Gasteiger partial charge on any atom is 0.416 e. The zero-order valence-electron chi connectivity index (χ0n) is 13.3. The van der Waals surface area contributed by atoms with Gasteiger partial charge in [-0.05, 0) is 61.1 Å². The fraction of sp³-hybridized carbons (Fsp3) is 0.125. The molecule has 0 radical (unpaired) electrons. The third-order valence-electron chi connectivity index (χ3n) is 3.80. The molecule has 136 valence electrons. The number of hydrogen-bond acceptors (Lipinski definition) is 4. The first-order chi connectivity index (χ1) is 12.1. The number of halogens is 3. The standard InChI is InChI=1S/C16H12F3N3O2S2/c1-10-2-5-13(8-14(10)16(17,18)19)26(23,24)12-6-3-11(4-7-12)22-9-20-21-15(22)25/h2-9H,1H3,(H,21,25). The summed E-state index contributed by atoms with van der Waals surface area (Å²) in [4.78, 5) is -0.531. The average molecular weight is 399 g/mol. The minimum absolute atomic E-state index is 0.0406. The zero-order valence-corrected chi connectivity index (χ0v) is 14.9. The van der Waals surface area contributed by atoms with Gasteiger partial charge in [-0.1, -0.05) is 6.07 Å². The number of aryl methyl sites for hydroxylation is 1. The van der Waals surface area contributed by atoms with Gasteiger partial charge in [-0.2, -0.15) is 18.3 Å². The topological polar surface area (TPSA) is 67.8 Å². The molecule has 0 saturated heterocycles. The molecule has 3 rings (SSSR count). The molecule has 0 unspecified atom stereocenters. The molecule has 1 aromatic heterocycles. The summed E-state index contributed by atoms with van der Waals surface area (Å²) in [7, 11) is -4.09. The van der Waals surface area contributed by atoms with Crippen molar-refractivity contribution in [2.75, 3.05) is 0 Å². The molecule has 5 nitrogen and oxygen atoms in total. The summed E-state index contributed by atoms with van der Waals surface area (Å²) in [5.74, 6) is 0. The van der Waals surface area contributed by atoms with E-state index in [-0.39, 0.29) is 10.5 Å². The molecule has 0 fully saturated rings. The number of rotatable bonds is 3. The Morgan fingerprint density at radius 2 is 1.69 bits per heavy atom. The van der Waals surface area contributed by atoms with Gasteiger partial charge in [0.2, 0.25) is 9.84 Å². The van der Waals surface area contributed by atoms with Crippen LogP contribution in [0.2, 0.25) is 0 Å². The van der Waals surface area contributed by atoms with Crippen LogP contribution in [0.25, 0.3) is 5.69 Å². The van der Waals surface area contributed by atoms with E-state index < -0.39 is 26.5 Å². The molecule has 2 aromatic carbocycles. The Morgan fingerprint density at radius 1 is 1.08 bits per heavy atom. The normalized spacial score (nSPS) is 12.3. The zero-order chi connectivity index (χ0) is 19.1. The summed E-state index contributed by atoms with van der Waals surface area (Å²) >= 11 is 5.03. The second-order valence-corrected chi connectivity index (χ2v) is 7.84. The third-order valence-corrected chi connectivity index (χ3v) is 5.86. The Kier molecular flexibility index (Phi) is 4.49. The SMILES string of the molecule is Cc1ccc(S(=O)(=O)c2ccc(-n3cn[nH]c3=S)cc2)cc1C(F)(F)F. The Hall–Kier alpha value is -2.46. The van der Waals surface area contributed by atoms with Crippen LogP contribution in [0.4, 0.5) is 13.2 Å². The lowest BCUT2D eigenvalue weighted by Crippen LogP contribution is -2.10. The Balaban J connectivity index is 2.04. The maximum atomic E-state index is 13.1. The lowest BCUT2D eigenvalue weighted by atomic mass is 10.1. The van der Waals surface area contributed by atoms with Gasteiger partial charge >= 0.3 is 6.18 Å². The van der Waals surface area contributed by atoms with Gasteiger partial charge < -0.3 is 0 Å². The number of nitrogens with zero attached hydrogens (tertiary/aromatic N) is 2. The average Bonchev–Trinajstić information content (AvgIpc) is 3.00. The number of hydrogen-bond donors (Lipinski definition) is 1. The molecular weight excluding hydrogens is 387 g/mol. The van der Waals surface area contributed by atoms with Crippen LogP contribution in [0.3, 0.4) is 0 Å². The van der Waals surface area contributed by atoms with Crippen LogP contribution in [-0.2, 0) is 16.0 Å². The van der Waals surface area contributed by atoms with E-state index in [0.29, 0.717) is 16.5 Å². The lowest BCUT2D eigenvalue weighted by molar-refractivity contribution is -0.138. The van der Waals surface area contributed by atoms with Crippen molar-refractivity contribution < 1.29 is 21.6 Å². The van der Waals surface area contributed by atoms with Gasteiger partial charge in [-0.15, -0.1) is 0 Å². The van der Waals surface area contributed by atoms with Crippen molar-refractivity contribution >= 4 is 22.1 Å². The van der Waals surface area contributed by atoms with E-state index >= 15 is 0 Å². The van der Waals surface area contributed by atoms with Crippen LogP contribution in [0.5, 0.6) is 0 Å². The van der Waals surface area contributed by atoms with Crippen molar-refractivity contribution in [3.8, 4) is 5.69 Å². The second kappa shape index (κ2) is 6.36. The number of H-pyrrole nitrogens is 1. The van der Waals surface area contributed by atoms with Crippen molar-refractivity contribution in [1.82, 2.24) is 14.8 Å². The Bertz CT molecular complexity index is 1110. The summed E-state index contributed by atoms with van der Waals surface area (Å²) in [5, 5.41) is 6.33. The van der Waals surface area contributed by atoms with Gasteiger partial charge in [-0.25, -0.2) is 8.42 Å². The van der Waals surface area contributed by atoms with E-state index in [0.717, 1.165) is 6.07 Å². The predicted octanol–water partition coefficient (Wildman–Crippen LogP) is 4.09. The molecule has 0 amide bonds. The van der Waals surface area contributed by atoms with E-state index in [1.54, 1.807) is 0 Å². The van der Waals surface area contributed by atoms with Gasteiger partial charge in [0.1, 0.15) is 6.33 Å². The van der Waals surface area contributed by atoms with E-state index in [9.17, 15) is 21.6 Å². The summed E-state index contributed by atoms with van der Waals surface area (Å²) < 4.78 is 66.4. The molecule has 0 aliphatic carbocycles. The molecule has 0 aliphatic rings. The van der Waals surface area contributed by atoms with Crippen LogP contribution in [0, 0.1) is 11.7 Å². The number of benzene rings is 2. The van der Waals surface area contributed by atoms with Crippen molar-refractivity contribution in [2.24, 2.45) is 0 Å².